The van der Waals surface area contributed by atoms with Crippen LogP contribution in [0.1, 0.15) is 6.42 Å². The van der Waals surface area contributed by atoms with Gasteiger partial charge >= 0.3 is 65.1 Å². The van der Waals surface area contributed by atoms with Crippen LogP contribution < -0.4 is 0 Å². The number of hydrogen-bond acceptors (Lipinski definition) is 1. The Kier molecular flexibility index (Phi) is 3.13. The van der Waals surface area contributed by atoms with E-state index in [0.29, 0.717) is 6.61 Å². The van der Waals surface area contributed by atoms with E-state index < -0.39 is 5.31 Å². The molecule has 1 nitrogen and oxygen atoms in total. The fraction of sp³-hybridized carbons (Fsp3) is 1.00. The van der Waals surface area contributed by atoms with E-state index in [-0.39, 0.29) is 0 Å². The van der Waals surface area contributed by atoms with Crippen LogP contribution in [0.3, 0.4) is 0 Å². The van der Waals surface area contributed by atoms with Gasteiger partial charge in [0.25, 0.3) is 0 Å². The molecule has 0 atom stereocenters. The summed E-state index contributed by atoms with van der Waals surface area (Å²) in [7, 11) is 0. The normalized spacial score (nSPS) is 16.8. The first-order chi connectivity index (χ1) is 3.81. The van der Waals surface area contributed by atoms with Crippen molar-refractivity contribution < 1.29 is 5.11 Å². The fourth-order valence-corrected chi connectivity index (χ4v) is 2.57. The molecule has 0 spiro atoms. The average molecular weight is 215 g/mol. The Labute approximate surface area is 65.5 Å². The SMILES string of the molecule is CP(C)(C)(Br)CCCO. The zero-order chi connectivity index (χ0) is 7.57. The average Bonchev–Trinajstić information content (AvgIpc) is 1.57. The van der Waals surface area contributed by atoms with Gasteiger partial charge in [0.05, 0.1) is 0 Å². The second-order valence-electron chi connectivity index (χ2n) is 3.72. The maximum absolute atomic E-state index is 8.54. The molecule has 0 rings (SSSR count). The Bertz CT molecular complexity index is 85.7. The van der Waals surface area contributed by atoms with Crippen molar-refractivity contribution >= 4 is 20.8 Å². The van der Waals surface area contributed by atoms with Gasteiger partial charge in [-0.05, 0) is 0 Å². The summed E-state index contributed by atoms with van der Waals surface area (Å²) in [4.78, 5) is 0. The van der Waals surface area contributed by atoms with Crippen LogP contribution in [0.15, 0.2) is 0 Å². The van der Waals surface area contributed by atoms with Gasteiger partial charge in [0.2, 0.25) is 0 Å². The number of aliphatic hydroxyl groups is 1. The zero-order valence-corrected chi connectivity index (χ0v) is 8.87. The van der Waals surface area contributed by atoms with Crippen molar-refractivity contribution in [3.8, 4) is 0 Å². The van der Waals surface area contributed by atoms with E-state index in [1.807, 2.05) is 0 Å². The van der Waals surface area contributed by atoms with Crippen LogP contribution in [0.25, 0.3) is 0 Å². The quantitative estimate of drug-likeness (QED) is 0.715. The summed E-state index contributed by atoms with van der Waals surface area (Å²) in [5, 5.41) is 7.07. The Balaban J connectivity index is 3.60. The van der Waals surface area contributed by atoms with Crippen LogP contribution in [0.2, 0.25) is 0 Å². The van der Waals surface area contributed by atoms with Gasteiger partial charge in [0, 0.05) is 0 Å². The van der Waals surface area contributed by atoms with Crippen molar-refractivity contribution in [2.24, 2.45) is 0 Å². The molecule has 0 fully saturated rings. The molecule has 0 radical (unpaired) electrons. The molecule has 1 N–H and O–H groups in total. The monoisotopic (exact) mass is 214 g/mol. The molecule has 0 bridgehead atoms. The van der Waals surface area contributed by atoms with E-state index in [2.05, 4.69) is 35.5 Å². The van der Waals surface area contributed by atoms with Gasteiger partial charge in [-0.1, -0.05) is 0 Å². The first kappa shape index (κ1) is 9.87. The van der Waals surface area contributed by atoms with E-state index in [9.17, 15) is 0 Å². The van der Waals surface area contributed by atoms with Crippen LogP contribution in [0, 0.1) is 0 Å². The predicted octanol–water partition coefficient (Wildman–Crippen LogP) is 2.12. The molecule has 58 valence electrons. The molecular formula is C6H16BrOP. The number of halogens is 1. The van der Waals surface area contributed by atoms with E-state index in [4.69, 9.17) is 5.11 Å². The third kappa shape index (κ3) is 8.87. The van der Waals surface area contributed by atoms with Gasteiger partial charge in [-0.3, -0.25) is 0 Å². The van der Waals surface area contributed by atoms with Crippen LogP contribution in [0.4, 0.5) is 0 Å². The van der Waals surface area contributed by atoms with Crippen LogP contribution in [0.5, 0.6) is 0 Å². The second-order valence-corrected chi connectivity index (χ2v) is 17.9. The van der Waals surface area contributed by atoms with E-state index >= 15 is 0 Å². The van der Waals surface area contributed by atoms with Gasteiger partial charge in [-0.25, -0.2) is 0 Å². The summed E-state index contributed by atoms with van der Waals surface area (Å²) in [6, 6.07) is 0. The van der Waals surface area contributed by atoms with E-state index in [1.165, 1.54) is 0 Å². The predicted molar refractivity (Wildman–Crippen MR) is 50.2 cm³/mol. The first-order valence-corrected chi connectivity index (χ1v) is 8.92. The summed E-state index contributed by atoms with van der Waals surface area (Å²) in [6.45, 7) is 7.07. The second kappa shape index (κ2) is 2.86. The molecule has 0 aliphatic heterocycles. The summed E-state index contributed by atoms with van der Waals surface area (Å²) >= 11 is 3.70. The molecule has 0 aliphatic rings. The molecule has 0 aromatic heterocycles. The van der Waals surface area contributed by atoms with E-state index in [0.717, 1.165) is 12.6 Å². The van der Waals surface area contributed by atoms with Gasteiger partial charge < -0.3 is 0 Å². The molecule has 0 heterocycles. The molecule has 3 heteroatoms. The summed E-state index contributed by atoms with van der Waals surface area (Å²) in [5.41, 5.74) is 0. The molecule has 0 saturated carbocycles. The molecule has 0 aliphatic carbocycles. The standard InChI is InChI=1S/C6H16BrOP/c1-9(2,3,7)6-4-5-8/h8H,4-6H2,1-3H3. The molecule has 0 saturated heterocycles. The van der Waals surface area contributed by atoms with Crippen LogP contribution in [-0.4, -0.2) is 37.9 Å². The zero-order valence-electron chi connectivity index (χ0n) is 6.39. The van der Waals surface area contributed by atoms with Crippen molar-refractivity contribution in [2.45, 2.75) is 6.42 Å². The minimum atomic E-state index is -1.48. The van der Waals surface area contributed by atoms with Crippen molar-refractivity contribution in [2.75, 3.05) is 32.8 Å². The minimum absolute atomic E-state index is 0.318. The Morgan fingerprint density at radius 3 is 1.89 bits per heavy atom. The maximum atomic E-state index is 8.54. The first-order valence-electron chi connectivity index (χ1n) is 3.14. The van der Waals surface area contributed by atoms with Gasteiger partial charge in [-0.15, -0.1) is 0 Å². The summed E-state index contributed by atoms with van der Waals surface area (Å²) in [5.74, 6) is 0. The Hall–Kier alpha value is 0.870. The van der Waals surface area contributed by atoms with Crippen LogP contribution in [-0.2, 0) is 0 Å². The summed E-state index contributed by atoms with van der Waals surface area (Å²) < 4.78 is 0. The Morgan fingerprint density at radius 2 is 1.78 bits per heavy atom. The number of hydrogen-bond donors (Lipinski definition) is 1. The summed E-state index contributed by atoms with van der Waals surface area (Å²) in [6.07, 6.45) is 2.05. The number of rotatable bonds is 3. The van der Waals surface area contributed by atoms with Crippen molar-refractivity contribution in [3.63, 3.8) is 0 Å². The molecule has 0 unspecified atom stereocenters. The van der Waals surface area contributed by atoms with Crippen molar-refractivity contribution in [1.82, 2.24) is 0 Å². The molecule has 9 heavy (non-hydrogen) atoms. The molecule has 0 aromatic carbocycles. The van der Waals surface area contributed by atoms with Gasteiger partial charge in [-0.2, -0.15) is 0 Å². The van der Waals surface area contributed by atoms with E-state index in [1.54, 1.807) is 0 Å². The molecule has 0 amide bonds. The topological polar surface area (TPSA) is 20.2 Å². The molecular weight excluding hydrogens is 199 g/mol. The third-order valence-corrected chi connectivity index (χ3v) is 3.96. The van der Waals surface area contributed by atoms with Gasteiger partial charge in [0.15, 0.2) is 0 Å². The van der Waals surface area contributed by atoms with Crippen molar-refractivity contribution in [3.05, 3.63) is 0 Å². The fourth-order valence-electron chi connectivity index (χ4n) is 0.605. The third-order valence-electron chi connectivity index (χ3n) is 1.07. The van der Waals surface area contributed by atoms with Crippen molar-refractivity contribution in [1.29, 1.82) is 0 Å². The van der Waals surface area contributed by atoms with Gasteiger partial charge in [0.1, 0.15) is 0 Å². The van der Waals surface area contributed by atoms with Crippen LogP contribution >= 0.6 is 20.8 Å². The Morgan fingerprint density at radius 1 is 1.33 bits per heavy atom. The molecule has 0 aromatic rings. The number of aliphatic hydroxyl groups excluding tert-OH is 1.